The average molecular weight is 287 g/mol. The van der Waals surface area contributed by atoms with Gasteiger partial charge in [0.1, 0.15) is 5.75 Å². The van der Waals surface area contributed by atoms with Gasteiger partial charge >= 0.3 is 0 Å². The molecule has 0 atom stereocenters. The number of unbranched alkanes of at least 4 members (excludes halogenated alkanes) is 6. The lowest BCUT2D eigenvalue weighted by Gasteiger charge is -2.06. The van der Waals surface area contributed by atoms with Crippen LogP contribution in [0.2, 0.25) is 5.02 Å². The van der Waals surface area contributed by atoms with Crippen molar-refractivity contribution in [1.82, 2.24) is 0 Å². The smallest absolute Gasteiger partial charge is 0.120 e. The van der Waals surface area contributed by atoms with Crippen LogP contribution in [-0.2, 0) is 0 Å². The van der Waals surface area contributed by atoms with E-state index in [0.717, 1.165) is 29.6 Å². The van der Waals surface area contributed by atoms with Gasteiger partial charge in [-0.15, -0.1) is 0 Å². The number of thiol groups is 1. The first kappa shape index (κ1) is 15.7. The van der Waals surface area contributed by atoms with Gasteiger partial charge in [-0.1, -0.05) is 49.8 Å². The van der Waals surface area contributed by atoms with E-state index in [0.29, 0.717) is 0 Å². The average Bonchev–Trinajstić information content (AvgIpc) is 2.37. The van der Waals surface area contributed by atoms with E-state index in [1.165, 1.54) is 38.5 Å². The second kappa shape index (κ2) is 10.6. The zero-order valence-electron chi connectivity index (χ0n) is 10.9. The Morgan fingerprint density at radius 2 is 1.61 bits per heavy atom. The first-order valence-electron chi connectivity index (χ1n) is 6.82. The molecule has 0 heterocycles. The van der Waals surface area contributed by atoms with Crippen molar-refractivity contribution in [1.29, 1.82) is 0 Å². The van der Waals surface area contributed by atoms with Crippen molar-refractivity contribution < 1.29 is 4.74 Å². The molecule has 1 nitrogen and oxygen atoms in total. The van der Waals surface area contributed by atoms with Crippen LogP contribution in [0.15, 0.2) is 24.3 Å². The van der Waals surface area contributed by atoms with Crippen molar-refractivity contribution in [3.63, 3.8) is 0 Å². The zero-order chi connectivity index (χ0) is 13.1. The maximum atomic E-state index is 5.88. The highest BCUT2D eigenvalue weighted by Gasteiger charge is 1.95. The summed E-state index contributed by atoms with van der Waals surface area (Å²) in [6, 6.07) is 7.58. The van der Waals surface area contributed by atoms with E-state index in [-0.39, 0.29) is 0 Å². The van der Waals surface area contributed by atoms with Crippen molar-refractivity contribution in [2.45, 2.75) is 44.9 Å². The Labute approximate surface area is 121 Å². The number of hydrogen-bond acceptors (Lipinski definition) is 2. The molecule has 1 rings (SSSR count). The van der Waals surface area contributed by atoms with Gasteiger partial charge in [0, 0.05) is 5.02 Å². The third kappa shape index (κ3) is 7.88. The fourth-order valence-electron chi connectivity index (χ4n) is 1.84. The monoisotopic (exact) mass is 286 g/mol. The molecule has 0 N–H and O–H groups in total. The Morgan fingerprint density at radius 3 is 2.28 bits per heavy atom. The third-order valence-electron chi connectivity index (χ3n) is 2.87. The summed E-state index contributed by atoms with van der Waals surface area (Å²) in [6.07, 6.45) is 8.94. The second-order valence-electron chi connectivity index (χ2n) is 4.50. The summed E-state index contributed by atoms with van der Waals surface area (Å²) in [6.45, 7) is 0.789. The molecule has 0 saturated carbocycles. The van der Waals surface area contributed by atoms with Crippen LogP contribution in [0.1, 0.15) is 44.9 Å². The van der Waals surface area contributed by atoms with E-state index in [1.807, 2.05) is 24.3 Å². The van der Waals surface area contributed by atoms with E-state index in [2.05, 4.69) is 12.6 Å². The van der Waals surface area contributed by atoms with E-state index in [1.54, 1.807) is 0 Å². The first-order valence-corrected chi connectivity index (χ1v) is 7.83. The Morgan fingerprint density at radius 1 is 0.944 bits per heavy atom. The van der Waals surface area contributed by atoms with Crippen molar-refractivity contribution in [3.05, 3.63) is 29.3 Å². The van der Waals surface area contributed by atoms with Gasteiger partial charge < -0.3 is 4.74 Å². The Bertz CT molecular complexity index is 317. The topological polar surface area (TPSA) is 9.23 Å². The highest BCUT2D eigenvalue weighted by molar-refractivity contribution is 7.80. The Hall–Kier alpha value is -0.340. The summed E-state index contributed by atoms with van der Waals surface area (Å²) < 4.78 is 5.64. The molecule has 1 aromatic rings. The summed E-state index contributed by atoms with van der Waals surface area (Å²) in [5, 5.41) is 0.733. The quantitative estimate of drug-likeness (QED) is 0.449. The molecule has 0 amide bonds. The van der Waals surface area contributed by atoms with Gasteiger partial charge in [0.15, 0.2) is 0 Å². The zero-order valence-corrected chi connectivity index (χ0v) is 12.6. The molecule has 0 aliphatic rings. The van der Waals surface area contributed by atoms with Gasteiger partial charge in [0.2, 0.25) is 0 Å². The molecule has 1 aromatic carbocycles. The van der Waals surface area contributed by atoms with Crippen molar-refractivity contribution in [3.8, 4) is 5.75 Å². The van der Waals surface area contributed by atoms with Crippen LogP contribution in [-0.4, -0.2) is 12.4 Å². The van der Waals surface area contributed by atoms with Crippen LogP contribution in [0.3, 0.4) is 0 Å². The molecule has 0 aromatic heterocycles. The van der Waals surface area contributed by atoms with Crippen molar-refractivity contribution in [2.75, 3.05) is 12.4 Å². The molecule has 0 aliphatic heterocycles. The number of hydrogen-bond donors (Lipinski definition) is 1. The molecule has 0 unspecified atom stereocenters. The standard InChI is InChI=1S/C15H23ClOS/c16-14-9-8-10-15(13-14)17-11-6-4-2-1-3-5-7-12-18/h8-10,13,18H,1-7,11-12H2. The van der Waals surface area contributed by atoms with E-state index >= 15 is 0 Å². The highest BCUT2D eigenvalue weighted by Crippen LogP contribution is 2.17. The Kier molecular flexibility index (Phi) is 9.23. The largest absolute Gasteiger partial charge is 0.494 e. The lowest BCUT2D eigenvalue weighted by atomic mass is 10.1. The van der Waals surface area contributed by atoms with Crippen molar-refractivity contribution >= 4 is 24.2 Å². The normalized spacial score (nSPS) is 10.6. The molecule has 0 radical (unpaired) electrons. The van der Waals surface area contributed by atoms with Crippen LogP contribution in [0, 0.1) is 0 Å². The van der Waals surface area contributed by atoms with Crippen LogP contribution in [0.25, 0.3) is 0 Å². The van der Waals surface area contributed by atoms with Gasteiger partial charge in [0.25, 0.3) is 0 Å². The van der Waals surface area contributed by atoms with Gasteiger partial charge in [-0.2, -0.15) is 12.6 Å². The summed E-state index contributed by atoms with van der Waals surface area (Å²) in [4.78, 5) is 0. The van der Waals surface area contributed by atoms with E-state index in [4.69, 9.17) is 16.3 Å². The summed E-state index contributed by atoms with van der Waals surface area (Å²) in [5.41, 5.74) is 0. The SMILES string of the molecule is SCCCCCCCCCOc1cccc(Cl)c1. The lowest BCUT2D eigenvalue weighted by molar-refractivity contribution is 0.304. The maximum absolute atomic E-state index is 5.88. The van der Waals surface area contributed by atoms with Gasteiger partial charge in [0.05, 0.1) is 6.61 Å². The minimum atomic E-state index is 0.733. The number of ether oxygens (including phenoxy) is 1. The fourth-order valence-corrected chi connectivity index (χ4v) is 2.25. The maximum Gasteiger partial charge on any atom is 0.120 e. The molecule has 0 saturated heterocycles. The molecule has 102 valence electrons. The van der Waals surface area contributed by atoms with Crippen LogP contribution >= 0.6 is 24.2 Å². The molecule has 0 fully saturated rings. The summed E-state index contributed by atoms with van der Waals surface area (Å²) >= 11 is 10.1. The van der Waals surface area contributed by atoms with Crippen LogP contribution in [0.5, 0.6) is 5.75 Å². The minimum absolute atomic E-state index is 0.733. The molecule has 0 aliphatic carbocycles. The Balaban J connectivity index is 1.92. The molecular formula is C15H23ClOS. The molecule has 0 bridgehead atoms. The number of rotatable bonds is 10. The third-order valence-corrected chi connectivity index (χ3v) is 3.42. The predicted octanol–water partition coefficient (Wildman–Crippen LogP) is 5.38. The highest BCUT2D eigenvalue weighted by atomic mass is 35.5. The number of halogens is 1. The van der Waals surface area contributed by atoms with Gasteiger partial charge in [-0.25, -0.2) is 0 Å². The summed E-state index contributed by atoms with van der Waals surface area (Å²) in [5.74, 6) is 1.89. The van der Waals surface area contributed by atoms with Crippen molar-refractivity contribution in [2.24, 2.45) is 0 Å². The minimum Gasteiger partial charge on any atom is -0.494 e. The van der Waals surface area contributed by atoms with E-state index < -0.39 is 0 Å². The van der Waals surface area contributed by atoms with Gasteiger partial charge in [-0.3, -0.25) is 0 Å². The number of benzene rings is 1. The molecular weight excluding hydrogens is 264 g/mol. The first-order chi connectivity index (χ1) is 8.83. The molecule has 3 heteroatoms. The fraction of sp³-hybridized carbons (Fsp3) is 0.600. The summed E-state index contributed by atoms with van der Waals surface area (Å²) in [7, 11) is 0. The molecule has 18 heavy (non-hydrogen) atoms. The van der Waals surface area contributed by atoms with E-state index in [9.17, 15) is 0 Å². The van der Waals surface area contributed by atoms with Crippen LogP contribution in [0.4, 0.5) is 0 Å². The van der Waals surface area contributed by atoms with Crippen LogP contribution < -0.4 is 4.74 Å². The molecule has 0 spiro atoms. The van der Waals surface area contributed by atoms with Gasteiger partial charge in [-0.05, 0) is 36.8 Å². The predicted molar refractivity (Wildman–Crippen MR) is 83.1 cm³/mol. The second-order valence-corrected chi connectivity index (χ2v) is 5.39. The lowest BCUT2D eigenvalue weighted by Crippen LogP contribution is -1.97.